The van der Waals surface area contributed by atoms with E-state index in [9.17, 15) is 9.59 Å². The molecule has 27 heavy (non-hydrogen) atoms. The third kappa shape index (κ3) is 4.48. The van der Waals surface area contributed by atoms with E-state index >= 15 is 0 Å². The highest BCUT2D eigenvalue weighted by atomic mass is 16.5. The van der Waals surface area contributed by atoms with Gasteiger partial charge in [-0.3, -0.25) is 9.59 Å². The molecule has 2 aromatic rings. The number of aromatic nitrogens is 1. The molecule has 0 unspecified atom stereocenters. The number of hydrogen-bond acceptors (Lipinski definition) is 3. The summed E-state index contributed by atoms with van der Waals surface area (Å²) in [6, 6.07) is 9.23. The number of pyridine rings is 1. The number of piperidine rings is 1. The average molecular weight is 368 g/mol. The highest BCUT2D eigenvalue weighted by molar-refractivity contribution is 5.95. The monoisotopic (exact) mass is 368 g/mol. The number of hydrogen-bond donors (Lipinski definition) is 1. The minimum Gasteiger partial charge on any atom is -0.376 e. The van der Waals surface area contributed by atoms with E-state index in [0.717, 1.165) is 49.2 Å². The number of carbonyl (C=O) groups excluding carboxylic acids is 1. The van der Waals surface area contributed by atoms with Gasteiger partial charge in [-0.2, -0.15) is 0 Å². The third-order valence-corrected chi connectivity index (χ3v) is 5.14. The standard InChI is InChI=1S/C22H28N2O3/c1-4-11-27-19-9-6-10-24(14-19)22(26)18-8-5-7-17(13-18)20-12-15(2)16(3)23-21(20)25/h5,7-8,12-13,19H,4,6,9-11,14H2,1-3H3,(H,23,25)/t19-/m0/s1. The largest absolute Gasteiger partial charge is 0.376 e. The van der Waals surface area contributed by atoms with Crippen molar-refractivity contribution in [3.8, 4) is 11.1 Å². The van der Waals surface area contributed by atoms with Crippen molar-refractivity contribution >= 4 is 5.91 Å². The number of nitrogens with one attached hydrogen (secondary N) is 1. The predicted octanol–water partition coefficient (Wildman–Crippen LogP) is 3.69. The van der Waals surface area contributed by atoms with Gasteiger partial charge in [0.1, 0.15) is 0 Å². The summed E-state index contributed by atoms with van der Waals surface area (Å²) in [7, 11) is 0. The van der Waals surface area contributed by atoms with Crippen molar-refractivity contribution in [1.29, 1.82) is 0 Å². The van der Waals surface area contributed by atoms with E-state index in [0.29, 0.717) is 17.7 Å². The Labute approximate surface area is 160 Å². The number of rotatable bonds is 5. The average Bonchev–Trinajstić information content (AvgIpc) is 2.69. The van der Waals surface area contributed by atoms with E-state index in [1.165, 1.54) is 0 Å². The Hall–Kier alpha value is -2.40. The fourth-order valence-electron chi connectivity index (χ4n) is 3.49. The smallest absolute Gasteiger partial charge is 0.256 e. The van der Waals surface area contributed by atoms with Crippen LogP contribution >= 0.6 is 0 Å². The molecule has 1 amide bonds. The second-order valence-electron chi connectivity index (χ2n) is 7.29. The number of carbonyl (C=O) groups is 1. The summed E-state index contributed by atoms with van der Waals surface area (Å²) in [5, 5.41) is 0. The van der Waals surface area contributed by atoms with Gasteiger partial charge in [0.2, 0.25) is 0 Å². The predicted molar refractivity (Wildman–Crippen MR) is 107 cm³/mol. The summed E-state index contributed by atoms with van der Waals surface area (Å²) in [4.78, 5) is 30.1. The molecule has 2 heterocycles. The second kappa shape index (κ2) is 8.53. The summed E-state index contributed by atoms with van der Waals surface area (Å²) in [6.45, 7) is 8.05. The Balaban J connectivity index is 1.82. The van der Waals surface area contributed by atoms with Crippen LogP contribution in [-0.2, 0) is 4.74 Å². The Morgan fingerprint density at radius 2 is 2.11 bits per heavy atom. The van der Waals surface area contributed by atoms with Crippen molar-refractivity contribution < 1.29 is 9.53 Å². The molecular formula is C22H28N2O3. The minimum absolute atomic E-state index is 0.00177. The Morgan fingerprint density at radius 3 is 2.89 bits per heavy atom. The molecule has 1 aliphatic rings. The van der Waals surface area contributed by atoms with E-state index in [-0.39, 0.29) is 17.6 Å². The number of H-pyrrole nitrogens is 1. The highest BCUT2D eigenvalue weighted by Crippen LogP contribution is 2.21. The molecule has 3 rings (SSSR count). The minimum atomic E-state index is -0.131. The maximum atomic E-state index is 13.0. The summed E-state index contributed by atoms with van der Waals surface area (Å²) in [5.41, 5.74) is 3.72. The fraction of sp³-hybridized carbons (Fsp3) is 0.455. The van der Waals surface area contributed by atoms with E-state index in [1.807, 2.05) is 49.1 Å². The molecule has 5 nitrogen and oxygen atoms in total. The van der Waals surface area contributed by atoms with Gasteiger partial charge in [-0.1, -0.05) is 19.1 Å². The Morgan fingerprint density at radius 1 is 1.30 bits per heavy atom. The van der Waals surface area contributed by atoms with Crippen molar-refractivity contribution in [2.24, 2.45) is 0 Å². The van der Waals surface area contributed by atoms with E-state index in [1.54, 1.807) is 0 Å². The number of aryl methyl sites for hydroxylation is 2. The quantitative estimate of drug-likeness (QED) is 0.875. The summed E-state index contributed by atoms with van der Waals surface area (Å²) < 4.78 is 5.84. The van der Waals surface area contributed by atoms with Crippen LogP contribution in [0, 0.1) is 13.8 Å². The van der Waals surface area contributed by atoms with Gasteiger partial charge in [-0.15, -0.1) is 0 Å². The summed E-state index contributed by atoms with van der Waals surface area (Å²) in [6.07, 6.45) is 3.06. The molecule has 1 aromatic heterocycles. The van der Waals surface area contributed by atoms with E-state index in [4.69, 9.17) is 4.74 Å². The fourth-order valence-corrected chi connectivity index (χ4v) is 3.49. The van der Waals surface area contributed by atoms with Crippen LogP contribution in [0.2, 0.25) is 0 Å². The van der Waals surface area contributed by atoms with Gasteiger partial charge in [0.25, 0.3) is 11.5 Å². The number of amides is 1. The first-order chi connectivity index (χ1) is 13.0. The van der Waals surface area contributed by atoms with Crippen LogP contribution in [0.1, 0.15) is 47.8 Å². The lowest BCUT2D eigenvalue weighted by atomic mass is 10.0. The zero-order chi connectivity index (χ0) is 19.4. The third-order valence-electron chi connectivity index (χ3n) is 5.14. The van der Waals surface area contributed by atoms with E-state index in [2.05, 4.69) is 11.9 Å². The number of benzene rings is 1. The number of likely N-dealkylation sites (tertiary alicyclic amines) is 1. The number of nitrogens with zero attached hydrogens (tertiary/aromatic N) is 1. The van der Waals surface area contributed by atoms with Crippen LogP contribution in [0.15, 0.2) is 35.1 Å². The molecule has 1 N–H and O–H groups in total. The van der Waals surface area contributed by atoms with Crippen molar-refractivity contribution in [2.45, 2.75) is 46.1 Å². The Bertz CT molecular complexity index is 872. The molecule has 1 fully saturated rings. The summed E-state index contributed by atoms with van der Waals surface area (Å²) >= 11 is 0. The first-order valence-electron chi connectivity index (χ1n) is 9.71. The zero-order valence-electron chi connectivity index (χ0n) is 16.4. The molecule has 1 saturated heterocycles. The van der Waals surface area contributed by atoms with Gasteiger partial charge in [0.15, 0.2) is 0 Å². The summed E-state index contributed by atoms with van der Waals surface area (Å²) in [5.74, 6) is 0.00177. The lowest BCUT2D eigenvalue weighted by Crippen LogP contribution is -2.43. The van der Waals surface area contributed by atoms with Gasteiger partial charge < -0.3 is 14.6 Å². The molecule has 0 spiro atoms. The van der Waals surface area contributed by atoms with Gasteiger partial charge in [-0.05, 0) is 62.4 Å². The lowest BCUT2D eigenvalue weighted by molar-refractivity contribution is 0.00211. The van der Waals surface area contributed by atoms with E-state index < -0.39 is 0 Å². The molecule has 1 aliphatic heterocycles. The highest BCUT2D eigenvalue weighted by Gasteiger charge is 2.25. The maximum absolute atomic E-state index is 13.0. The first kappa shape index (κ1) is 19.4. The molecule has 5 heteroatoms. The molecule has 144 valence electrons. The van der Waals surface area contributed by atoms with Gasteiger partial charge >= 0.3 is 0 Å². The van der Waals surface area contributed by atoms with Crippen LogP contribution in [0.4, 0.5) is 0 Å². The first-order valence-corrected chi connectivity index (χ1v) is 9.71. The van der Waals surface area contributed by atoms with Crippen molar-refractivity contribution in [2.75, 3.05) is 19.7 Å². The maximum Gasteiger partial charge on any atom is 0.256 e. The van der Waals surface area contributed by atoms with Crippen molar-refractivity contribution in [3.63, 3.8) is 0 Å². The lowest BCUT2D eigenvalue weighted by Gasteiger charge is -2.32. The Kier molecular flexibility index (Phi) is 6.11. The van der Waals surface area contributed by atoms with Crippen LogP contribution in [0.25, 0.3) is 11.1 Å². The number of aromatic amines is 1. The molecule has 0 bridgehead atoms. The zero-order valence-corrected chi connectivity index (χ0v) is 16.4. The molecule has 1 atom stereocenters. The van der Waals surface area contributed by atoms with Gasteiger partial charge in [0, 0.05) is 36.5 Å². The molecule has 0 radical (unpaired) electrons. The van der Waals surface area contributed by atoms with Crippen LogP contribution < -0.4 is 5.56 Å². The molecule has 1 aromatic carbocycles. The molecule has 0 aliphatic carbocycles. The van der Waals surface area contributed by atoms with Crippen molar-refractivity contribution in [1.82, 2.24) is 9.88 Å². The number of ether oxygens (including phenoxy) is 1. The van der Waals surface area contributed by atoms with Crippen LogP contribution in [0.3, 0.4) is 0 Å². The molecule has 0 saturated carbocycles. The molecular weight excluding hydrogens is 340 g/mol. The van der Waals surface area contributed by atoms with Gasteiger partial charge in [0.05, 0.1) is 6.10 Å². The topological polar surface area (TPSA) is 62.4 Å². The van der Waals surface area contributed by atoms with Crippen LogP contribution in [0.5, 0.6) is 0 Å². The normalized spacial score (nSPS) is 17.1. The van der Waals surface area contributed by atoms with Gasteiger partial charge in [-0.25, -0.2) is 0 Å². The van der Waals surface area contributed by atoms with Crippen molar-refractivity contribution in [3.05, 3.63) is 57.5 Å². The van der Waals surface area contributed by atoms with Crippen LogP contribution in [-0.4, -0.2) is 41.6 Å². The second-order valence-corrected chi connectivity index (χ2v) is 7.29. The SMILES string of the molecule is CCCO[C@H]1CCCN(C(=O)c2cccc(-c3cc(C)c(C)[nH]c3=O)c2)C1.